The molecule has 0 aliphatic carbocycles. The molecule has 1 amide bonds. The average molecular weight is 385 g/mol. The second kappa shape index (κ2) is 8.73. The Kier molecular flexibility index (Phi) is 6.13. The fourth-order valence-electron chi connectivity index (χ4n) is 2.56. The van der Waals surface area contributed by atoms with E-state index in [0.29, 0.717) is 16.7 Å². The molecule has 7 heteroatoms. The van der Waals surface area contributed by atoms with Crippen LogP contribution in [0.25, 0.3) is 10.6 Å². The van der Waals surface area contributed by atoms with E-state index < -0.39 is 11.7 Å². The van der Waals surface area contributed by atoms with E-state index in [1.165, 1.54) is 28.4 Å². The van der Waals surface area contributed by atoms with Gasteiger partial charge in [-0.1, -0.05) is 36.8 Å². The molecule has 0 aliphatic rings. The molecule has 0 bridgehead atoms. The minimum absolute atomic E-state index is 0.0369. The maximum absolute atomic E-state index is 14.1. The molecule has 0 saturated carbocycles. The summed E-state index contributed by atoms with van der Waals surface area (Å²) in [6.45, 7) is 2.50. The van der Waals surface area contributed by atoms with Gasteiger partial charge in [-0.2, -0.15) is 0 Å². The van der Waals surface area contributed by atoms with Gasteiger partial charge in [-0.25, -0.2) is 4.39 Å². The number of benzene rings is 2. The van der Waals surface area contributed by atoms with Crippen molar-refractivity contribution in [3.05, 3.63) is 59.9 Å². The molecule has 1 heterocycles. The van der Waals surface area contributed by atoms with Gasteiger partial charge in [0.1, 0.15) is 16.6 Å². The van der Waals surface area contributed by atoms with Gasteiger partial charge in [0.15, 0.2) is 0 Å². The van der Waals surface area contributed by atoms with Crippen molar-refractivity contribution in [2.75, 3.05) is 18.6 Å². The van der Waals surface area contributed by atoms with Gasteiger partial charge in [-0.05, 0) is 42.8 Å². The van der Waals surface area contributed by atoms with Crippen molar-refractivity contribution in [3.8, 4) is 16.3 Å². The maximum Gasteiger partial charge on any atom is 0.263 e. The second-order valence-electron chi connectivity index (χ2n) is 5.91. The number of amides is 1. The minimum Gasteiger partial charge on any atom is -0.497 e. The molecule has 3 rings (SSSR count). The van der Waals surface area contributed by atoms with Gasteiger partial charge in [0.05, 0.1) is 12.7 Å². The molecular weight excluding hydrogens is 365 g/mol. The molecule has 3 aromatic rings. The number of hydrogen-bond acceptors (Lipinski definition) is 5. The van der Waals surface area contributed by atoms with Gasteiger partial charge in [0.25, 0.3) is 5.91 Å². The zero-order chi connectivity index (χ0) is 19.2. The minimum atomic E-state index is -0.538. The van der Waals surface area contributed by atoms with E-state index in [4.69, 9.17) is 4.74 Å². The number of carbonyl (C=O) groups is 1. The second-order valence-corrected chi connectivity index (χ2v) is 6.86. The number of rotatable bonds is 7. The summed E-state index contributed by atoms with van der Waals surface area (Å²) >= 11 is 1.31. The molecular formula is C20H20FN3O2S. The summed E-state index contributed by atoms with van der Waals surface area (Å²) in [6, 6.07) is 13.4. The lowest BCUT2D eigenvalue weighted by Gasteiger charge is -2.19. The number of hydrogen-bond donors (Lipinski definition) is 0. The van der Waals surface area contributed by atoms with Crippen LogP contribution in [0.5, 0.6) is 5.75 Å². The Labute approximate surface area is 161 Å². The van der Waals surface area contributed by atoms with Gasteiger partial charge in [0, 0.05) is 12.1 Å². The van der Waals surface area contributed by atoms with E-state index in [0.717, 1.165) is 24.2 Å². The van der Waals surface area contributed by atoms with Crippen LogP contribution in [0, 0.1) is 5.82 Å². The van der Waals surface area contributed by atoms with Crippen LogP contribution < -0.4 is 9.64 Å². The summed E-state index contributed by atoms with van der Waals surface area (Å²) in [5, 5.41) is 9.54. The van der Waals surface area contributed by atoms with Gasteiger partial charge in [-0.15, -0.1) is 10.2 Å². The molecule has 0 unspecified atom stereocenters. The molecule has 0 saturated heterocycles. The van der Waals surface area contributed by atoms with Crippen LogP contribution in [0.2, 0.25) is 0 Å². The Morgan fingerprint density at radius 3 is 2.56 bits per heavy atom. The molecule has 27 heavy (non-hydrogen) atoms. The van der Waals surface area contributed by atoms with E-state index in [-0.39, 0.29) is 5.56 Å². The first-order chi connectivity index (χ1) is 13.1. The number of halogens is 1. The highest BCUT2D eigenvalue weighted by Gasteiger charge is 2.23. The number of carbonyl (C=O) groups excluding carboxylic acids is 1. The third-order valence-corrected chi connectivity index (χ3v) is 5.06. The van der Waals surface area contributed by atoms with Gasteiger partial charge >= 0.3 is 0 Å². The zero-order valence-electron chi connectivity index (χ0n) is 15.2. The normalized spacial score (nSPS) is 10.6. The van der Waals surface area contributed by atoms with Crippen molar-refractivity contribution in [1.29, 1.82) is 0 Å². The molecule has 0 N–H and O–H groups in total. The predicted octanol–water partition coefficient (Wildman–Crippen LogP) is 4.80. The highest BCUT2D eigenvalue weighted by Crippen LogP contribution is 2.31. The standard InChI is InChI=1S/C20H20FN3O2S/c1-3-4-13-24(19(25)16-7-5-6-8-17(16)21)20-23-22-18(27-20)14-9-11-15(26-2)12-10-14/h5-12H,3-4,13H2,1-2H3. The zero-order valence-corrected chi connectivity index (χ0v) is 16.0. The number of unbranched alkanes of at least 4 members (excludes halogenated alkanes) is 1. The maximum atomic E-state index is 14.1. The molecule has 0 aliphatic heterocycles. The largest absolute Gasteiger partial charge is 0.497 e. The summed E-state index contributed by atoms with van der Waals surface area (Å²) in [5.74, 6) is -0.189. The summed E-state index contributed by atoms with van der Waals surface area (Å²) in [4.78, 5) is 14.4. The van der Waals surface area contributed by atoms with Crippen LogP contribution in [-0.2, 0) is 0 Å². The number of anilines is 1. The average Bonchev–Trinajstić information content (AvgIpc) is 3.18. The monoisotopic (exact) mass is 385 g/mol. The summed E-state index contributed by atoms with van der Waals surface area (Å²) in [7, 11) is 1.61. The topological polar surface area (TPSA) is 55.3 Å². The first-order valence-corrected chi connectivity index (χ1v) is 9.50. The highest BCUT2D eigenvalue weighted by atomic mass is 32.1. The summed E-state index contributed by atoms with van der Waals surface area (Å²) in [5.41, 5.74) is 0.920. The number of ether oxygens (including phenoxy) is 1. The predicted molar refractivity (Wildman–Crippen MR) is 105 cm³/mol. The van der Waals surface area contributed by atoms with Crippen molar-refractivity contribution in [2.45, 2.75) is 19.8 Å². The quantitative estimate of drug-likeness (QED) is 0.586. The molecule has 0 radical (unpaired) electrons. The van der Waals surface area contributed by atoms with E-state index in [1.54, 1.807) is 19.2 Å². The van der Waals surface area contributed by atoms with Crippen molar-refractivity contribution in [3.63, 3.8) is 0 Å². The van der Waals surface area contributed by atoms with Crippen molar-refractivity contribution < 1.29 is 13.9 Å². The molecule has 2 aromatic carbocycles. The van der Waals surface area contributed by atoms with E-state index >= 15 is 0 Å². The Balaban J connectivity index is 1.90. The van der Waals surface area contributed by atoms with Crippen molar-refractivity contribution in [2.24, 2.45) is 0 Å². The van der Waals surface area contributed by atoms with E-state index in [2.05, 4.69) is 10.2 Å². The Morgan fingerprint density at radius 2 is 1.89 bits per heavy atom. The smallest absolute Gasteiger partial charge is 0.263 e. The van der Waals surface area contributed by atoms with Crippen LogP contribution in [0.3, 0.4) is 0 Å². The third-order valence-electron chi connectivity index (χ3n) is 4.07. The van der Waals surface area contributed by atoms with Gasteiger partial charge in [-0.3, -0.25) is 9.69 Å². The van der Waals surface area contributed by atoms with Crippen molar-refractivity contribution in [1.82, 2.24) is 10.2 Å². The first kappa shape index (κ1) is 19.0. The number of nitrogens with zero attached hydrogens (tertiary/aromatic N) is 3. The molecule has 0 fully saturated rings. The first-order valence-electron chi connectivity index (χ1n) is 8.68. The molecule has 5 nitrogen and oxygen atoms in total. The molecule has 0 spiro atoms. The van der Waals surface area contributed by atoms with Gasteiger partial charge in [0.2, 0.25) is 5.13 Å². The van der Waals surface area contributed by atoms with E-state index in [1.807, 2.05) is 31.2 Å². The third kappa shape index (κ3) is 4.31. The van der Waals surface area contributed by atoms with Crippen LogP contribution >= 0.6 is 11.3 Å². The highest BCUT2D eigenvalue weighted by molar-refractivity contribution is 7.18. The van der Waals surface area contributed by atoms with Gasteiger partial charge < -0.3 is 4.74 Å². The number of methoxy groups -OCH3 is 1. The van der Waals surface area contributed by atoms with Crippen LogP contribution in [0.4, 0.5) is 9.52 Å². The summed E-state index contributed by atoms with van der Waals surface area (Å²) < 4.78 is 19.3. The Morgan fingerprint density at radius 1 is 1.15 bits per heavy atom. The molecule has 0 atom stereocenters. The van der Waals surface area contributed by atoms with Crippen LogP contribution in [0.15, 0.2) is 48.5 Å². The van der Waals surface area contributed by atoms with Crippen molar-refractivity contribution >= 4 is 22.4 Å². The summed E-state index contributed by atoms with van der Waals surface area (Å²) in [6.07, 6.45) is 1.70. The molecule has 1 aromatic heterocycles. The lowest BCUT2D eigenvalue weighted by Crippen LogP contribution is -2.32. The Hall–Kier alpha value is -2.80. The fourth-order valence-corrected chi connectivity index (χ4v) is 3.43. The Bertz CT molecular complexity index is 912. The lowest BCUT2D eigenvalue weighted by atomic mass is 10.2. The fraction of sp³-hybridized carbons (Fsp3) is 0.250. The number of aromatic nitrogens is 2. The lowest BCUT2D eigenvalue weighted by molar-refractivity contribution is 0.0982. The van der Waals surface area contributed by atoms with Crippen LogP contribution in [-0.4, -0.2) is 29.8 Å². The molecule has 140 valence electrons. The van der Waals surface area contributed by atoms with Crippen LogP contribution in [0.1, 0.15) is 30.1 Å². The van der Waals surface area contributed by atoms with E-state index in [9.17, 15) is 9.18 Å². The SMILES string of the molecule is CCCCN(C(=O)c1ccccc1F)c1nnc(-c2ccc(OC)cc2)s1.